The number of nitrogens with zero attached hydrogens (tertiary/aromatic N) is 1. The zero-order valence-electron chi connectivity index (χ0n) is 10.7. The molecule has 0 N–H and O–H groups in total. The molecule has 1 nitrogen and oxygen atoms in total. The monoisotopic (exact) mass is 233 g/mol. The van der Waals surface area contributed by atoms with Gasteiger partial charge in [-0.2, -0.15) is 0 Å². The standard InChI is InChI=1S/C17H15N/c1-18(2)17-13-11-16(12-14-17)10-6-5-9-15-7-3-4-8-15/h3-4,7,11-14H,8H2,1-2H3. The number of rotatable bonds is 1. The van der Waals surface area contributed by atoms with Crippen molar-refractivity contribution in [3.63, 3.8) is 0 Å². The van der Waals surface area contributed by atoms with Gasteiger partial charge in [0.05, 0.1) is 0 Å². The van der Waals surface area contributed by atoms with Crippen molar-refractivity contribution in [2.75, 3.05) is 19.0 Å². The molecule has 0 atom stereocenters. The summed E-state index contributed by atoms with van der Waals surface area (Å²) < 4.78 is 0. The Kier molecular flexibility index (Phi) is 3.90. The first-order chi connectivity index (χ1) is 8.75. The van der Waals surface area contributed by atoms with Crippen molar-refractivity contribution in [2.45, 2.75) is 6.42 Å². The van der Waals surface area contributed by atoms with Crippen molar-refractivity contribution in [3.05, 3.63) is 53.6 Å². The highest BCUT2D eigenvalue weighted by atomic mass is 15.1. The smallest absolute Gasteiger partial charge is 0.0361 e. The molecule has 1 aliphatic rings. The molecule has 18 heavy (non-hydrogen) atoms. The summed E-state index contributed by atoms with van der Waals surface area (Å²) in [6.45, 7) is 0. The van der Waals surface area contributed by atoms with Crippen molar-refractivity contribution in [2.24, 2.45) is 0 Å². The van der Waals surface area contributed by atoms with Gasteiger partial charge >= 0.3 is 0 Å². The van der Waals surface area contributed by atoms with Gasteiger partial charge in [-0.15, -0.1) is 0 Å². The molecular weight excluding hydrogens is 218 g/mol. The van der Waals surface area contributed by atoms with Crippen LogP contribution in [0.4, 0.5) is 5.69 Å². The maximum Gasteiger partial charge on any atom is 0.0361 e. The Hall–Kier alpha value is -2.38. The van der Waals surface area contributed by atoms with Gasteiger partial charge in [-0.25, -0.2) is 0 Å². The van der Waals surface area contributed by atoms with E-state index in [-0.39, 0.29) is 0 Å². The average molecular weight is 233 g/mol. The van der Waals surface area contributed by atoms with Gasteiger partial charge in [0.2, 0.25) is 0 Å². The maximum atomic E-state index is 3.05. The Balaban J connectivity index is 2.01. The molecule has 88 valence electrons. The first-order valence-electron chi connectivity index (χ1n) is 5.91. The van der Waals surface area contributed by atoms with Gasteiger partial charge in [0.15, 0.2) is 0 Å². The summed E-state index contributed by atoms with van der Waals surface area (Å²) in [6, 6.07) is 8.14. The molecule has 2 rings (SSSR count). The third-order valence-corrected chi connectivity index (χ3v) is 2.65. The highest BCUT2D eigenvalue weighted by molar-refractivity contribution is 5.51. The second kappa shape index (κ2) is 5.80. The van der Waals surface area contributed by atoms with E-state index >= 15 is 0 Å². The Morgan fingerprint density at radius 3 is 2.33 bits per heavy atom. The number of hydrogen-bond acceptors (Lipinski definition) is 1. The fourth-order valence-electron chi connectivity index (χ4n) is 1.60. The summed E-state index contributed by atoms with van der Waals surface area (Å²) in [7, 11) is 4.05. The van der Waals surface area contributed by atoms with Crippen LogP contribution in [0.3, 0.4) is 0 Å². The quantitative estimate of drug-likeness (QED) is 0.674. The van der Waals surface area contributed by atoms with Crippen molar-refractivity contribution >= 4 is 5.69 Å². The molecule has 1 aromatic rings. The van der Waals surface area contributed by atoms with Crippen molar-refractivity contribution in [3.8, 4) is 23.7 Å². The highest BCUT2D eigenvalue weighted by Gasteiger charge is 1.93. The molecule has 0 bridgehead atoms. The lowest BCUT2D eigenvalue weighted by Crippen LogP contribution is -2.07. The Bertz CT molecular complexity index is 593. The third kappa shape index (κ3) is 3.30. The van der Waals surface area contributed by atoms with Crippen LogP contribution in [0.5, 0.6) is 0 Å². The van der Waals surface area contributed by atoms with Crippen LogP contribution in [0.25, 0.3) is 0 Å². The Morgan fingerprint density at radius 2 is 1.72 bits per heavy atom. The largest absolute Gasteiger partial charge is 0.378 e. The molecule has 0 radical (unpaired) electrons. The van der Waals surface area contributed by atoms with Crippen LogP contribution in [0.2, 0.25) is 0 Å². The molecule has 0 heterocycles. The van der Waals surface area contributed by atoms with Gasteiger partial charge < -0.3 is 4.90 Å². The minimum atomic E-state index is 0.937. The van der Waals surface area contributed by atoms with E-state index in [0.29, 0.717) is 0 Å². The van der Waals surface area contributed by atoms with Crippen LogP contribution in [0.1, 0.15) is 12.0 Å². The zero-order valence-corrected chi connectivity index (χ0v) is 10.7. The van der Waals surface area contributed by atoms with Crippen molar-refractivity contribution < 1.29 is 0 Å². The number of anilines is 1. The average Bonchev–Trinajstić information content (AvgIpc) is 2.88. The zero-order chi connectivity index (χ0) is 12.8. The second-order valence-electron chi connectivity index (χ2n) is 4.27. The molecule has 1 heteroatoms. The molecule has 0 unspecified atom stereocenters. The highest BCUT2D eigenvalue weighted by Crippen LogP contribution is 2.11. The summed E-state index contributed by atoms with van der Waals surface area (Å²) in [6.07, 6.45) is 7.08. The van der Waals surface area contributed by atoms with Crippen LogP contribution < -0.4 is 4.90 Å². The normalized spacial score (nSPS) is 12.0. The first-order valence-corrected chi connectivity index (χ1v) is 5.91. The predicted octanol–water partition coefficient (Wildman–Crippen LogP) is 2.99. The molecule has 0 fully saturated rings. The van der Waals surface area contributed by atoms with E-state index in [1.165, 1.54) is 5.69 Å². The van der Waals surface area contributed by atoms with Crippen molar-refractivity contribution in [1.29, 1.82) is 0 Å². The van der Waals surface area contributed by atoms with Crippen LogP contribution in [0.15, 0.2) is 48.1 Å². The summed E-state index contributed by atoms with van der Waals surface area (Å²) in [5, 5.41) is 0. The van der Waals surface area contributed by atoms with Crippen LogP contribution in [-0.4, -0.2) is 14.1 Å². The third-order valence-electron chi connectivity index (χ3n) is 2.65. The van der Waals surface area contributed by atoms with Gasteiger partial charge in [-0.3, -0.25) is 0 Å². The number of allylic oxidation sites excluding steroid dienone is 4. The molecule has 1 aliphatic carbocycles. The molecule has 0 amide bonds. The van der Waals surface area contributed by atoms with Gasteiger partial charge in [0, 0.05) is 30.9 Å². The number of benzene rings is 1. The maximum absolute atomic E-state index is 3.05. The minimum absolute atomic E-state index is 0.937. The van der Waals surface area contributed by atoms with E-state index in [0.717, 1.165) is 17.6 Å². The van der Waals surface area contributed by atoms with E-state index in [4.69, 9.17) is 0 Å². The van der Waals surface area contributed by atoms with Gasteiger partial charge in [0.1, 0.15) is 0 Å². The van der Waals surface area contributed by atoms with Crippen LogP contribution >= 0.6 is 0 Å². The Labute approximate surface area is 109 Å². The lowest BCUT2D eigenvalue weighted by Gasteiger charge is -2.11. The Morgan fingerprint density at radius 1 is 1.00 bits per heavy atom. The van der Waals surface area contributed by atoms with Gasteiger partial charge in [-0.05, 0) is 42.5 Å². The van der Waals surface area contributed by atoms with Crippen molar-refractivity contribution in [1.82, 2.24) is 0 Å². The summed E-state index contributed by atoms with van der Waals surface area (Å²) >= 11 is 0. The van der Waals surface area contributed by atoms with E-state index in [2.05, 4.69) is 46.8 Å². The molecule has 0 spiro atoms. The van der Waals surface area contributed by atoms with Crippen LogP contribution in [-0.2, 0) is 0 Å². The second-order valence-corrected chi connectivity index (χ2v) is 4.27. The number of hydrogen-bond donors (Lipinski definition) is 0. The van der Waals surface area contributed by atoms with Gasteiger partial charge in [0.25, 0.3) is 0 Å². The SMILES string of the molecule is CN(C)c1ccc(C#CC#CC2=CC=CC2)cc1. The van der Waals surface area contributed by atoms with E-state index in [1.807, 2.05) is 38.4 Å². The van der Waals surface area contributed by atoms with E-state index < -0.39 is 0 Å². The lowest BCUT2D eigenvalue weighted by atomic mass is 10.2. The topological polar surface area (TPSA) is 3.24 Å². The molecule has 0 saturated heterocycles. The van der Waals surface area contributed by atoms with Crippen LogP contribution in [0, 0.1) is 23.7 Å². The first kappa shape index (κ1) is 12.1. The van der Waals surface area contributed by atoms with E-state index in [1.54, 1.807) is 0 Å². The molecule has 0 aromatic heterocycles. The predicted molar refractivity (Wildman–Crippen MR) is 77.3 cm³/mol. The minimum Gasteiger partial charge on any atom is -0.378 e. The van der Waals surface area contributed by atoms with Gasteiger partial charge in [-0.1, -0.05) is 30.1 Å². The molecule has 0 aliphatic heterocycles. The summed E-state index contributed by atoms with van der Waals surface area (Å²) in [5.41, 5.74) is 3.30. The van der Waals surface area contributed by atoms with E-state index in [9.17, 15) is 0 Å². The fourth-order valence-corrected chi connectivity index (χ4v) is 1.60. The summed E-state index contributed by atoms with van der Waals surface area (Å²) in [5.74, 6) is 11.9. The summed E-state index contributed by atoms with van der Waals surface area (Å²) in [4.78, 5) is 2.07. The lowest BCUT2D eigenvalue weighted by molar-refractivity contribution is 1.13. The molecule has 0 saturated carbocycles. The molecule has 1 aromatic carbocycles. The molecular formula is C17H15N. The fraction of sp³-hybridized carbons (Fsp3) is 0.176.